The Morgan fingerprint density at radius 2 is 0.909 bits per heavy atom. The molecule has 432 valence electrons. The van der Waals surface area contributed by atoms with Crippen molar-refractivity contribution < 1.29 is 0 Å². The van der Waals surface area contributed by atoms with Crippen molar-refractivity contribution in [3.05, 3.63) is 233 Å². The molecule has 0 radical (unpaired) electrons. The van der Waals surface area contributed by atoms with Gasteiger partial charge in [0.15, 0.2) is 0 Å². The first-order valence-corrected chi connectivity index (χ1v) is 34.1. The Kier molecular flexibility index (Phi) is 10.8. The normalized spacial score (nSPS) is 21.2. The van der Waals surface area contributed by atoms with Gasteiger partial charge >= 0.3 is 0 Å². The molecule has 88 heavy (non-hydrogen) atoms. The topological polar surface area (TPSA) is 9.72 Å². The molecular formula is C82H74BN3S2. The Hall–Kier alpha value is -7.90. The van der Waals surface area contributed by atoms with E-state index in [1.165, 1.54) is 165 Å². The van der Waals surface area contributed by atoms with Gasteiger partial charge in [-0.3, -0.25) is 0 Å². The number of anilines is 8. The van der Waals surface area contributed by atoms with Gasteiger partial charge in [0.1, 0.15) is 0 Å². The maximum absolute atomic E-state index is 2.87. The van der Waals surface area contributed by atoms with E-state index in [0.717, 1.165) is 25.7 Å². The van der Waals surface area contributed by atoms with Crippen LogP contribution in [0, 0.1) is 0 Å². The lowest BCUT2D eigenvalue weighted by Crippen LogP contribution is -2.62. The van der Waals surface area contributed by atoms with Gasteiger partial charge < -0.3 is 14.7 Å². The fraction of sp³-hybridized carbons (Fsp3) is 0.268. The number of fused-ring (bicyclic) bond motifs is 16. The summed E-state index contributed by atoms with van der Waals surface area (Å²) in [6.07, 6.45) is 6.95. The van der Waals surface area contributed by atoms with E-state index in [1.54, 1.807) is 0 Å². The summed E-state index contributed by atoms with van der Waals surface area (Å²) in [4.78, 5) is 8.47. The summed E-state index contributed by atoms with van der Waals surface area (Å²) in [5.74, 6) is 0. The van der Waals surface area contributed by atoms with E-state index in [9.17, 15) is 0 Å². The number of thiophene rings is 2. The zero-order valence-corrected chi connectivity index (χ0v) is 54.1. The summed E-state index contributed by atoms with van der Waals surface area (Å²) in [7, 11) is 0. The van der Waals surface area contributed by atoms with Gasteiger partial charge in [-0.25, -0.2) is 0 Å². The lowest BCUT2D eigenvalue weighted by molar-refractivity contribution is 0.195. The summed E-state index contributed by atoms with van der Waals surface area (Å²) in [6.45, 7) is 25.2. The van der Waals surface area contributed by atoms with E-state index in [-0.39, 0.29) is 39.3 Å². The van der Waals surface area contributed by atoms with E-state index in [2.05, 4.69) is 278 Å². The average Bonchev–Trinajstić information content (AvgIpc) is 0.954. The standard InChI is InChI=1S/C82H74BN3S2/c1-77(2)40-41-78(3,4)58-47-67-62(45-57(58)77)83-63-46-59-60(80(7,8)56-30-17-16-29-55(56)79(59,5)6)48-68(63)84(65-31-23-35-73-74(65)54-27-15-19-34-72(54)87-73)69-43-51(44-70(75(69)83)85(67)66-32-22-28-53-52-26-14-18-33-71(52)88-76(53)66)86-64-37-36-50(49-24-12-11-13-25-49)42-61(64)81(9)38-20-21-39-82(81,86)10/h11-19,22-37,42-48H,20-21,38-41H2,1-10H3. The molecule has 18 rings (SSSR count). The molecule has 3 aliphatic carbocycles. The van der Waals surface area contributed by atoms with Crippen LogP contribution >= 0.6 is 22.7 Å². The van der Waals surface area contributed by atoms with Crippen LogP contribution in [-0.4, -0.2) is 12.3 Å². The van der Waals surface area contributed by atoms with Crippen LogP contribution in [0.15, 0.2) is 194 Å². The third kappa shape index (κ3) is 6.92. The largest absolute Gasteiger partial charge is 0.334 e. The quantitative estimate of drug-likeness (QED) is 0.163. The van der Waals surface area contributed by atoms with Crippen LogP contribution in [0.5, 0.6) is 0 Å². The highest BCUT2D eigenvalue weighted by molar-refractivity contribution is 7.26. The fourth-order valence-electron chi connectivity index (χ4n) is 18.4. The van der Waals surface area contributed by atoms with Gasteiger partial charge in [-0.2, -0.15) is 0 Å². The maximum Gasteiger partial charge on any atom is 0.252 e. The van der Waals surface area contributed by atoms with E-state index < -0.39 is 0 Å². The first-order valence-electron chi connectivity index (χ1n) is 32.4. The van der Waals surface area contributed by atoms with E-state index in [4.69, 9.17) is 0 Å². The molecular weight excluding hydrogens is 1100 g/mol. The number of hydrogen-bond acceptors (Lipinski definition) is 5. The third-order valence-corrected chi connectivity index (χ3v) is 25.8. The molecule has 0 amide bonds. The van der Waals surface area contributed by atoms with Crippen LogP contribution in [0.1, 0.15) is 147 Å². The summed E-state index contributed by atoms with van der Waals surface area (Å²) in [5, 5.41) is 5.28. The molecule has 0 N–H and O–H groups in total. The Morgan fingerprint density at radius 3 is 1.62 bits per heavy atom. The third-order valence-electron chi connectivity index (χ3n) is 23.5. The second kappa shape index (κ2) is 17.9. The first kappa shape index (κ1) is 53.2. The molecule has 1 saturated carbocycles. The average molecular weight is 1180 g/mol. The number of rotatable bonds is 4. The first-order chi connectivity index (χ1) is 42.4. The number of hydrogen-bond donors (Lipinski definition) is 0. The van der Waals surface area contributed by atoms with Crippen LogP contribution in [0.2, 0.25) is 0 Å². The van der Waals surface area contributed by atoms with Gasteiger partial charge in [0.05, 0.1) is 21.6 Å². The van der Waals surface area contributed by atoms with Crippen LogP contribution in [0.4, 0.5) is 45.5 Å². The molecule has 12 aromatic rings. The van der Waals surface area contributed by atoms with Crippen LogP contribution < -0.4 is 31.1 Å². The van der Waals surface area contributed by atoms with Crippen molar-refractivity contribution in [3.63, 3.8) is 0 Å². The predicted octanol–water partition coefficient (Wildman–Crippen LogP) is 21.2. The van der Waals surface area contributed by atoms with Gasteiger partial charge in [0, 0.05) is 86.0 Å². The lowest BCUT2D eigenvalue weighted by Gasteiger charge is -2.52. The number of benzene rings is 10. The molecule has 0 bridgehead atoms. The van der Waals surface area contributed by atoms with Crippen molar-refractivity contribution in [2.75, 3.05) is 14.7 Å². The van der Waals surface area contributed by atoms with Crippen LogP contribution in [-0.2, 0) is 27.1 Å². The molecule has 3 aliphatic heterocycles. The molecule has 5 heterocycles. The monoisotopic (exact) mass is 1180 g/mol. The molecule has 2 atom stereocenters. The van der Waals surface area contributed by atoms with Gasteiger partial charge in [0.2, 0.25) is 0 Å². The molecule has 2 aromatic heterocycles. The fourth-order valence-corrected chi connectivity index (χ4v) is 20.8. The second-order valence-corrected chi connectivity index (χ2v) is 31.9. The molecule has 1 fully saturated rings. The lowest BCUT2D eigenvalue weighted by atomic mass is 9.32. The van der Waals surface area contributed by atoms with Gasteiger partial charge in [0.25, 0.3) is 6.71 Å². The van der Waals surface area contributed by atoms with E-state index in [0.29, 0.717) is 0 Å². The van der Waals surface area contributed by atoms with Gasteiger partial charge in [-0.15, -0.1) is 22.7 Å². The minimum atomic E-state index is -0.271. The van der Waals surface area contributed by atoms with Crippen molar-refractivity contribution in [3.8, 4) is 11.1 Å². The molecule has 0 saturated heterocycles. The molecule has 10 aromatic carbocycles. The van der Waals surface area contributed by atoms with Gasteiger partial charge in [-0.05, 0) is 177 Å². The Morgan fingerprint density at radius 1 is 0.364 bits per heavy atom. The molecule has 6 aliphatic rings. The van der Waals surface area contributed by atoms with Crippen molar-refractivity contribution in [1.82, 2.24) is 0 Å². The van der Waals surface area contributed by atoms with Crippen molar-refractivity contribution in [2.45, 2.75) is 140 Å². The summed E-state index contributed by atoms with van der Waals surface area (Å²) < 4.78 is 5.29. The maximum atomic E-state index is 2.87. The van der Waals surface area contributed by atoms with E-state index >= 15 is 0 Å². The minimum Gasteiger partial charge on any atom is -0.334 e. The van der Waals surface area contributed by atoms with E-state index in [1.807, 2.05) is 22.7 Å². The Bertz CT molecular complexity index is 5020. The zero-order chi connectivity index (χ0) is 59.8. The Labute approximate surface area is 527 Å². The summed E-state index contributed by atoms with van der Waals surface area (Å²) in [5.41, 5.74) is 26.3. The van der Waals surface area contributed by atoms with Crippen LogP contribution in [0.25, 0.3) is 51.5 Å². The van der Waals surface area contributed by atoms with Crippen molar-refractivity contribution >= 4 is 132 Å². The van der Waals surface area contributed by atoms with Crippen molar-refractivity contribution in [2.24, 2.45) is 0 Å². The highest BCUT2D eigenvalue weighted by atomic mass is 32.1. The molecule has 0 spiro atoms. The second-order valence-electron chi connectivity index (χ2n) is 29.7. The Balaban J connectivity index is 1.02. The smallest absolute Gasteiger partial charge is 0.252 e. The van der Waals surface area contributed by atoms with Crippen LogP contribution in [0.3, 0.4) is 0 Å². The molecule has 6 heteroatoms. The van der Waals surface area contributed by atoms with Gasteiger partial charge in [-0.1, -0.05) is 203 Å². The van der Waals surface area contributed by atoms with Crippen molar-refractivity contribution in [1.29, 1.82) is 0 Å². The molecule has 2 unspecified atom stereocenters. The summed E-state index contributed by atoms with van der Waals surface area (Å²) in [6, 6.07) is 76.8. The minimum absolute atomic E-state index is 0.0143. The predicted molar refractivity (Wildman–Crippen MR) is 380 cm³/mol. The highest BCUT2D eigenvalue weighted by Gasteiger charge is 2.59. The summed E-state index contributed by atoms with van der Waals surface area (Å²) >= 11 is 3.88. The zero-order valence-electron chi connectivity index (χ0n) is 52.5. The SMILES string of the molecule is CC1(C)CCC(C)(C)c2cc3c(cc21)B1c2cc4c(cc2N(c2cccc5sc6ccccc6c25)c2cc(N5c6ccc(-c7ccccc7)cc6C6(C)CCCCC56C)cc(c21)N3c1cccc2c1sc1ccccc12)C(C)(C)c1ccccc1C4(C)C. The number of nitrogens with zero attached hydrogens (tertiary/aromatic N) is 3. The molecule has 3 nitrogen and oxygen atoms in total. The highest BCUT2D eigenvalue weighted by Crippen LogP contribution is 2.64.